The Balaban J connectivity index is 2.28. The highest BCUT2D eigenvalue weighted by Gasteiger charge is 2.21. The first kappa shape index (κ1) is 6.73. The first-order valence-electron chi connectivity index (χ1n) is 3.85. The summed E-state index contributed by atoms with van der Waals surface area (Å²) in [5.74, 6) is 0.623. The van der Waals surface area contributed by atoms with Gasteiger partial charge in [0.1, 0.15) is 6.33 Å². The summed E-state index contributed by atoms with van der Waals surface area (Å²) in [5, 5.41) is 3.23. The summed E-state index contributed by atoms with van der Waals surface area (Å²) in [6.45, 7) is 4.20. The van der Waals surface area contributed by atoms with E-state index < -0.39 is 0 Å². The highest BCUT2D eigenvalue weighted by molar-refractivity contribution is 5.21. The Labute approximate surface area is 65.9 Å². The summed E-state index contributed by atoms with van der Waals surface area (Å²) < 4.78 is 0. The van der Waals surface area contributed by atoms with E-state index in [4.69, 9.17) is 0 Å². The van der Waals surface area contributed by atoms with Crippen LogP contribution in [0.25, 0.3) is 0 Å². The Morgan fingerprint density at radius 1 is 1.55 bits per heavy atom. The van der Waals surface area contributed by atoms with E-state index in [1.165, 1.54) is 11.3 Å². The average molecular weight is 149 g/mol. The topological polar surface area (TPSA) is 37.8 Å². The third-order valence-corrected chi connectivity index (χ3v) is 2.10. The van der Waals surface area contributed by atoms with E-state index in [1.807, 2.05) is 6.20 Å². The lowest BCUT2D eigenvalue weighted by Gasteiger charge is -2.27. The third kappa shape index (κ3) is 1.12. The number of aryl methyl sites for hydroxylation is 1. The first-order chi connectivity index (χ1) is 5.38. The summed E-state index contributed by atoms with van der Waals surface area (Å²) >= 11 is 0. The van der Waals surface area contributed by atoms with Gasteiger partial charge < -0.3 is 5.32 Å². The molecule has 3 heteroatoms. The molecule has 1 N–H and O–H groups in total. The number of hydrogen-bond acceptors (Lipinski definition) is 3. The van der Waals surface area contributed by atoms with Crippen LogP contribution < -0.4 is 5.32 Å². The van der Waals surface area contributed by atoms with Gasteiger partial charge in [0.25, 0.3) is 0 Å². The molecule has 0 aliphatic carbocycles. The average Bonchev–Trinajstić information content (AvgIpc) is 1.90. The minimum absolute atomic E-state index is 0.623. The molecule has 1 fully saturated rings. The molecule has 0 atom stereocenters. The van der Waals surface area contributed by atoms with Crippen molar-refractivity contribution >= 4 is 0 Å². The van der Waals surface area contributed by atoms with Gasteiger partial charge in [0.15, 0.2) is 0 Å². The van der Waals surface area contributed by atoms with Gasteiger partial charge in [-0.3, -0.25) is 0 Å². The minimum Gasteiger partial charge on any atom is -0.315 e. The SMILES string of the molecule is Cc1cncnc1C1CNC1. The molecule has 0 bridgehead atoms. The second-order valence-corrected chi connectivity index (χ2v) is 2.95. The van der Waals surface area contributed by atoms with E-state index in [1.54, 1.807) is 6.33 Å². The maximum atomic E-state index is 4.25. The first-order valence-corrected chi connectivity index (χ1v) is 3.85. The zero-order valence-electron chi connectivity index (χ0n) is 6.54. The standard InChI is InChI=1S/C8H11N3/c1-6-2-10-5-11-8(6)7-3-9-4-7/h2,5,7,9H,3-4H2,1H3. The molecule has 11 heavy (non-hydrogen) atoms. The molecular formula is C8H11N3. The quantitative estimate of drug-likeness (QED) is 0.630. The van der Waals surface area contributed by atoms with Crippen LogP contribution in [0.15, 0.2) is 12.5 Å². The minimum atomic E-state index is 0.623. The number of rotatable bonds is 1. The Bertz CT molecular complexity index is 255. The van der Waals surface area contributed by atoms with Gasteiger partial charge in [0.05, 0.1) is 5.69 Å². The van der Waals surface area contributed by atoms with Gasteiger partial charge in [-0.15, -0.1) is 0 Å². The maximum absolute atomic E-state index is 4.25. The largest absolute Gasteiger partial charge is 0.315 e. The van der Waals surface area contributed by atoms with Gasteiger partial charge in [-0.25, -0.2) is 9.97 Å². The van der Waals surface area contributed by atoms with Crippen molar-refractivity contribution in [1.29, 1.82) is 0 Å². The van der Waals surface area contributed by atoms with Crippen molar-refractivity contribution in [2.24, 2.45) is 0 Å². The van der Waals surface area contributed by atoms with Gasteiger partial charge >= 0.3 is 0 Å². The van der Waals surface area contributed by atoms with Crippen molar-refractivity contribution in [3.05, 3.63) is 23.8 Å². The predicted octanol–water partition coefficient (Wildman–Crippen LogP) is 0.472. The molecule has 0 aromatic carbocycles. The van der Waals surface area contributed by atoms with Crippen LogP contribution in [-0.2, 0) is 0 Å². The number of aromatic nitrogens is 2. The van der Waals surface area contributed by atoms with E-state index in [2.05, 4.69) is 22.2 Å². The fraction of sp³-hybridized carbons (Fsp3) is 0.500. The summed E-state index contributed by atoms with van der Waals surface area (Å²) in [6.07, 6.45) is 3.50. The number of nitrogens with one attached hydrogen (secondary N) is 1. The van der Waals surface area contributed by atoms with E-state index in [0.29, 0.717) is 5.92 Å². The van der Waals surface area contributed by atoms with Crippen molar-refractivity contribution in [2.45, 2.75) is 12.8 Å². The van der Waals surface area contributed by atoms with E-state index in [-0.39, 0.29) is 0 Å². The molecule has 1 saturated heterocycles. The van der Waals surface area contributed by atoms with Crippen LogP contribution in [0.1, 0.15) is 17.2 Å². The molecule has 2 heterocycles. The van der Waals surface area contributed by atoms with Crippen LogP contribution in [0.2, 0.25) is 0 Å². The molecule has 1 aromatic heterocycles. The molecule has 0 unspecified atom stereocenters. The van der Waals surface area contributed by atoms with E-state index >= 15 is 0 Å². The molecule has 0 saturated carbocycles. The zero-order valence-corrected chi connectivity index (χ0v) is 6.54. The van der Waals surface area contributed by atoms with Gasteiger partial charge in [-0.1, -0.05) is 0 Å². The van der Waals surface area contributed by atoms with Crippen LogP contribution >= 0.6 is 0 Å². The van der Waals surface area contributed by atoms with Crippen LogP contribution in [0.3, 0.4) is 0 Å². The molecule has 0 spiro atoms. The van der Waals surface area contributed by atoms with Crippen molar-refractivity contribution < 1.29 is 0 Å². The van der Waals surface area contributed by atoms with Gasteiger partial charge in [-0.05, 0) is 12.5 Å². The van der Waals surface area contributed by atoms with Gasteiger partial charge in [0.2, 0.25) is 0 Å². The predicted molar refractivity (Wildman–Crippen MR) is 42.4 cm³/mol. The molecular weight excluding hydrogens is 138 g/mol. The summed E-state index contributed by atoms with van der Waals surface area (Å²) in [4.78, 5) is 8.20. The van der Waals surface area contributed by atoms with Crippen LogP contribution in [0, 0.1) is 6.92 Å². The summed E-state index contributed by atoms with van der Waals surface area (Å²) in [6, 6.07) is 0. The Morgan fingerprint density at radius 2 is 2.36 bits per heavy atom. The molecule has 58 valence electrons. The monoisotopic (exact) mass is 149 g/mol. The lowest BCUT2D eigenvalue weighted by atomic mass is 9.96. The molecule has 0 radical (unpaired) electrons. The van der Waals surface area contributed by atoms with Crippen molar-refractivity contribution in [1.82, 2.24) is 15.3 Å². The molecule has 1 aromatic rings. The van der Waals surface area contributed by atoms with E-state index in [0.717, 1.165) is 13.1 Å². The Hall–Kier alpha value is -0.960. The summed E-state index contributed by atoms with van der Waals surface area (Å²) in [7, 11) is 0. The van der Waals surface area contributed by atoms with Crippen LogP contribution in [-0.4, -0.2) is 23.1 Å². The zero-order chi connectivity index (χ0) is 7.68. The Kier molecular flexibility index (Phi) is 1.58. The highest BCUT2D eigenvalue weighted by atomic mass is 15.0. The highest BCUT2D eigenvalue weighted by Crippen LogP contribution is 2.19. The summed E-state index contributed by atoms with van der Waals surface area (Å²) in [5.41, 5.74) is 2.41. The second kappa shape index (κ2) is 2.58. The number of hydrogen-bond donors (Lipinski definition) is 1. The van der Waals surface area contributed by atoms with E-state index in [9.17, 15) is 0 Å². The molecule has 3 nitrogen and oxygen atoms in total. The van der Waals surface area contributed by atoms with Crippen molar-refractivity contribution in [3.8, 4) is 0 Å². The normalized spacial score (nSPS) is 17.9. The molecule has 1 aliphatic rings. The van der Waals surface area contributed by atoms with Crippen molar-refractivity contribution in [3.63, 3.8) is 0 Å². The molecule has 0 amide bonds. The number of nitrogens with zero attached hydrogens (tertiary/aromatic N) is 2. The van der Waals surface area contributed by atoms with Gasteiger partial charge in [-0.2, -0.15) is 0 Å². The van der Waals surface area contributed by atoms with Gasteiger partial charge in [0, 0.05) is 25.2 Å². The lowest BCUT2D eigenvalue weighted by Crippen LogP contribution is -2.40. The fourth-order valence-electron chi connectivity index (χ4n) is 1.32. The van der Waals surface area contributed by atoms with Crippen LogP contribution in [0.4, 0.5) is 0 Å². The fourth-order valence-corrected chi connectivity index (χ4v) is 1.32. The molecule has 2 rings (SSSR count). The smallest absolute Gasteiger partial charge is 0.115 e. The maximum Gasteiger partial charge on any atom is 0.115 e. The second-order valence-electron chi connectivity index (χ2n) is 2.95. The Morgan fingerprint density at radius 3 is 2.91 bits per heavy atom. The molecule has 1 aliphatic heterocycles. The lowest BCUT2D eigenvalue weighted by molar-refractivity contribution is 0.437. The van der Waals surface area contributed by atoms with Crippen LogP contribution in [0.5, 0.6) is 0 Å². The third-order valence-electron chi connectivity index (χ3n) is 2.10. The van der Waals surface area contributed by atoms with Crippen molar-refractivity contribution in [2.75, 3.05) is 13.1 Å².